The van der Waals surface area contributed by atoms with Crippen molar-refractivity contribution in [3.05, 3.63) is 77.4 Å². The first-order chi connectivity index (χ1) is 16.5. The van der Waals surface area contributed by atoms with Gasteiger partial charge in [0.25, 0.3) is 11.8 Å². The molecule has 0 radical (unpaired) electrons. The van der Waals surface area contributed by atoms with Gasteiger partial charge in [-0.2, -0.15) is 0 Å². The molecule has 2 aliphatic rings. The van der Waals surface area contributed by atoms with Crippen molar-refractivity contribution in [3.8, 4) is 23.0 Å². The normalized spacial score (nSPS) is 16.4. The Hall–Kier alpha value is -4.20. The topological polar surface area (TPSA) is 86.3 Å². The van der Waals surface area contributed by atoms with Crippen molar-refractivity contribution in [3.63, 3.8) is 0 Å². The summed E-state index contributed by atoms with van der Waals surface area (Å²) in [5, 5.41) is 2.91. The lowest BCUT2D eigenvalue weighted by Gasteiger charge is -2.23. The van der Waals surface area contributed by atoms with Crippen LogP contribution < -0.4 is 24.3 Å². The summed E-state index contributed by atoms with van der Waals surface area (Å²) in [5.41, 5.74) is 2.76. The summed E-state index contributed by atoms with van der Waals surface area (Å²) < 4.78 is 22.0. The van der Waals surface area contributed by atoms with Crippen molar-refractivity contribution < 1.29 is 28.5 Å². The molecule has 2 amide bonds. The Morgan fingerprint density at radius 1 is 1.06 bits per heavy atom. The molecular formula is C26H24N2O6. The Balaban J connectivity index is 1.37. The molecule has 1 N–H and O–H groups in total. The molecule has 8 nitrogen and oxygen atoms in total. The van der Waals surface area contributed by atoms with E-state index in [0.717, 1.165) is 16.9 Å². The Kier molecular flexibility index (Phi) is 5.71. The zero-order chi connectivity index (χ0) is 23.7. The average Bonchev–Trinajstić information content (AvgIpc) is 3.28. The molecule has 34 heavy (non-hydrogen) atoms. The maximum atomic E-state index is 13.0. The van der Waals surface area contributed by atoms with Crippen molar-refractivity contribution >= 4 is 17.5 Å². The average molecular weight is 460 g/mol. The van der Waals surface area contributed by atoms with Gasteiger partial charge in [0.15, 0.2) is 17.6 Å². The van der Waals surface area contributed by atoms with Crippen LogP contribution in [0.4, 0.5) is 5.69 Å². The van der Waals surface area contributed by atoms with E-state index in [2.05, 4.69) is 5.32 Å². The fraction of sp³-hybridized carbons (Fsp3) is 0.231. The number of carbonyl (C=O) groups is 2. The first-order valence-corrected chi connectivity index (χ1v) is 10.9. The summed E-state index contributed by atoms with van der Waals surface area (Å²) in [7, 11) is 1.61. The molecule has 0 aliphatic carbocycles. The van der Waals surface area contributed by atoms with Crippen LogP contribution in [0.5, 0.6) is 23.0 Å². The molecule has 174 valence electrons. The summed E-state index contributed by atoms with van der Waals surface area (Å²) in [4.78, 5) is 27.6. The van der Waals surface area contributed by atoms with E-state index in [1.807, 2.05) is 30.3 Å². The summed E-state index contributed by atoms with van der Waals surface area (Å²) in [5.74, 6) is 2.11. The van der Waals surface area contributed by atoms with Crippen LogP contribution in [0.3, 0.4) is 0 Å². The van der Waals surface area contributed by atoms with Gasteiger partial charge in [-0.25, -0.2) is 0 Å². The molecular weight excluding hydrogens is 436 g/mol. The van der Waals surface area contributed by atoms with Crippen LogP contribution in [0, 0.1) is 0 Å². The van der Waals surface area contributed by atoms with Gasteiger partial charge in [0.1, 0.15) is 11.5 Å². The molecule has 0 bridgehead atoms. The van der Waals surface area contributed by atoms with Crippen molar-refractivity contribution in [2.24, 2.45) is 0 Å². The second-order valence-corrected chi connectivity index (χ2v) is 8.11. The standard InChI is InChI=1S/C26H24N2O6/c1-16-26(30)28(13-18-5-3-4-6-21(18)31-2)14-19-11-20(8-10-22(19)34-16)27-25(29)17-7-9-23-24(12-17)33-15-32-23/h3-12,16H,13-15H2,1-2H3,(H,27,29). The predicted molar refractivity (Wildman–Crippen MR) is 124 cm³/mol. The van der Waals surface area contributed by atoms with Crippen LogP contribution in [-0.2, 0) is 17.9 Å². The molecule has 8 heteroatoms. The van der Waals surface area contributed by atoms with E-state index >= 15 is 0 Å². The van der Waals surface area contributed by atoms with Crippen LogP contribution >= 0.6 is 0 Å². The van der Waals surface area contributed by atoms with E-state index in [0.29, 0.717) is 41.6 Å². The molecule has 2 aliphatic heterocycles. The number of carbonyl (C=O) groups excluding carboxylic acids is 2. The van der Waals surface area contributed by atoms with Crippen molar-refractivity contribution in [2.75, 3.05) is 19.2 Å². The summed E-state index contributed by atoms with van der Waals surface area (Å²) in [6, 6.07) is 18.0. The Morgan fingerprint density at radius 2 is 1.85 bits per heavy atom. The van der Waals surface area contributed by atoms with E-state index in [-0.39, 0.29) is 18.6 Å². The third-order valence-electron chi connectivity index (χ3n) is 5.83. The van der Waals surface area contributed by atoms with Crippen molar-refractivity contribution in [1.82, 2.24) is 4.90 Å². The lowest BCUT2D eigenvalue weighted by molar-refractivity contribution is -0.138. The fourth-order valence-corrected chi connectivity index (χ4v) is 4.09. The Labute approximate surface area is 197 Å². The van der Waals surface area contributed by atoms with Crippen LogP contribution in [0.15, 0.2) is 60.7 Å². The fourth-order valence-electron chi connectivity index (χ4n) is 4.09. The number of para-hydroxylation sites is 1. The van der Waals surface area contributed by atoms with Gasteiger partial charge in [0.05, 0.1) is 7.11 Å². The van der Waals surface area contributed by atoms with Crippen LogP contribution in [0.25, 0.3) is 0 Å². The van der Waals surface area contributed by atoms with Gasteiger partial charge in [-0.1, -0.05) is 18.2 Å². The first-order valence-electron chi connectivity index (χ1n) is 10.9. The van der Waals surface area contributed by atoms with E-state index in [9.17, 15) is 9.59 Å². The molecule has 0 saturated carbocycles. The monoisotopic (exact) mass is 460 g/mol. The van der Waals surface area contributed by atoms with Gasteiger partial charge in [-0.15, -0.1) is 0 Å². The molecule has 0 fully saturated rings. The predicted octanol–water partition coefficient (Wildman–Crippen LogP) is 3.99. The molecule has 1 unspecified atom stereocenters. The zero-order valence-corrected chi connectivity index (χ0v) is 18.9. The number of benzene rings is 3. The summed E-state index contributed by atoms with van der Waals surface area (Å²) >= 11 is 0. The Bertz CT molecular complexity index is 1260. The zero-order valence-electron chi connectivity index (χ0n) is 18.9. The summed E-state index contributed by atoms with van der Waals surface area (Å²) in [6.07, 6.45) is -0.634. The number of hydrogen-bond donors (Lipinski definition) is 1. The lowest BCUT2D eigenvalue weighted by Crippen LogP contribution is -2.37. The second kappa shape index (κ2) is 8.97. The highest BCUT2D eigenvalue weighted by Gasteiger charge is 2.29. The second-order valence-electron chi connectivity index (χ2n) is 8.11. The molecule has 0 saturated heterocycles. The molecule has 3 aromatic rings. The number of hydrogen-bond acceptors (Lipinski definition) is 6. The van der Waals surface area contributed by atoms with Gasteiger partial charge in [-0.3, -0.25) is 9.59 Å². The third kappa shape index (κ3) is 4.22. The summed E-state index contributed by atoms with van der Waals surface area (Å²) in [6.45, 7) is 2.60. The van der Waals surface area contributed by atoms with Crippen LogP contribution in [0.2, 0.25) is 0 Å². The van der Waals surface area contributed by atoms with Crippen molar-refractivity contribution in [2.45, 2.75) is 26.1 Å². The highest BCUT2D eigenvalue weighted by molar-refractivity contribution is 6.04. The number of nitrogens with one attached hydrogen (secondary N) is 1. The number of fused-ring (bicyclic) bond motifs is 2. The maximum Gasteiger partial charge on any atom is 0.263 e. The lowest BCUT2D eigenvalue weighted by atomic mass is 10.1. The molecule has 3 aromatic carbocycles. The van der Waals surface area contributed by atoms with E-state index in [1.165, 1.54) is 0 Å². The van der Waals surface area contributed by atoms with Gasteiger partial charge < -0.3 is 29.2 Å². The molecule has 0 aromatic heterocycles. The highest BCUT2D eigenvalue weighted by atomic mass is 16.7. The third-order valence-corrected chi connectivity index (χ3v) is 5.83. The van der Waals surface area contributed by atoms with Crippen LogP contribution in [-0.4, -0.2) is 36.7 Å². The van der Waals surface area contributed by atoms with E-state index < -0.39 is 6.10 Å². The minimum atomic E-state index is -0.634. The molecule has 2 heterocycles. The van der Waals surface area contributed by atoms with Gasteiger partial charge in [0.2, 0.25) is 6.79 Å². The molecule has 1 atom stereocenters. The van der Waals surface area contributed by atoms with Crippen molar-refractivity contribution in [1.29, 1.82) is 0 Å². The quantitative estimate of drug-likeness (QED) is 0.620. The highest BCUT2D eigenvalue weighted by Crippen LogP contribution is 2.33. The number of anilines is 1. The van der Waals surface area contributed by atoms with E-state index in [1.54, 1.807) is 49.3 Å². The van der Waals surface area contributed by atoms with Crippen LogP contribution in [0.1, 0.15) is 28.4 Å². The van der Waals surface area contributed by atoms with Gasteiger partial charge >= 0.3 is 0 Å². The Morgan fingerprint density at radius 3 is 2.71 bits per heavy atom. The number of nitrogens with zero attached hydrogens (tertiary/aromatic N) is 1. The van der Waals surface area contributed by atoms with Gasteiger partial charge in [-0.05, 0) is 49.4 Å². The molecule has 0 spiro atoms. The number of methoxy groups -OCH3 is 1. The minimum Gasteiger partial charge on any atom is -0.496 e. The molecule has 5 rings (SSSR count). The largest absolute Gasteiger partial charge is 0.496 e. The number of rotatable bonds is 5. The number of ether oxygens (including phenoxy) is 4. The van der Waals surface area contributed by atoms with E-state index in [4.69, 9.17) is 18.9 Å². The SMILES string of the molecule is COc1ccccc1CN1Cc2cc(NC(=O)c3ccc4c(c3)OCO4)ccc2OC(C)C1=O. The maximum absolute atomic E-state index is 13.0. The number of amides is 2. The van der Waals surface area contributed by atoms with Gasteiger partial charge in [0, 0.05) is 35.5 Å². The minimum absolute atomic E-state index is 0.118. The smallest absolute Gasteiger partial charge is 0.263 e. The first kappa shape index (κ1) is 21.6.